The van der Waals surface area contributed by atoms with Gasteiger partial charge in [-0.05, 0) is 22.6 Å². The highest BCUT2D eigenvalue weighted by molar-refractivity contribution is 5.87. The first-order chi connectivity index (χ1) is 13.0. The molecule has 0 aliphatic carbocycles. The monoisotopic (exact) mass is 365 g/mol. The third kappa shape index (κ3) is 4.37. The van der Waals surface area contributed by atoms with Gasteiger partial charge in [0.15, 0.2) is 0 Å². The summed E-state index contributed by atoms with van der Waals surface area (Å²) >= 11 is 0. The first-order valence-corrected chi connectivity index (χ1v) is 9.41. The molecule has 2 amide bonds. The lowest BCUT2D eigenvalue weighted by Gasteiger charge is -2.35. The van der Waals surface area contributed by atoms with Crippen LogP contribution in [0, 0.1) is 5.92 Å². The van der Waals surface area contributed by atoms with E-state index >= 15 is 0 Å². The molecule has 142 valence electrons. The van der Waals surface area contributed by atoms with Gasteiger partial charge in [0.25, 0.3) is 0 Å². The molecule has 0 saturated carbocycles. The van der Waals surface area contributed by atoms with Gasteiger partial charge in [0.1, 0.15) is 0 Å². The van der Waals surface area contributed by atoms with Gasteiger partial charge in [0.2, 0.25) is 11.8 Å². The van der Waals surface area contributed by atoms with Crippen molar-refractivity contribution in [2.45, 2.75) is 32.4 Å². The number of carbonyl (C=O) groups is 2. The van der Waals surface area contributed by atoms with Gasteiger partial charge in [-0.3, -0.25) is 9.59 Å². The smallest absolute Gasteiger partial charge is 0.242 e. The maximum Gasteiger partial charge on any atom is 0.242 e. The van der Waals surface area contributed by atoms with Gasteiger partial charge in [-0.15, -0.1) is 0 Å². The van der Waals surface area contributed by atoms with Crippen LogP contribution in [0.5, 0.6) is 0 Å². The van der Waals surface area contributed by atoms with Crippen LogP contribution in [0.2, 0.25) is 0 Å². The third-order valence-electron chi connectivity index (χ3n) is 5.18. The molecule has 3 N–H and O–H groups in total. The third-order valence-corrected chi connectivity index (χ3v) is 5.18. The number of carbonyl (C=O) groups excluding carboxylic acids is 2. The lowest BCUT2D eigenvalue weighted by Crippen LogP contribution is -2.49. The van der Waals surface area contributed by atoms with Gasteiger partial charge < -0.3 is 16.0 Å². The van der Waals surface area contributed by atoms with E-state index in [0.717, 1.165) is 5.56 Å². The zero-order valence-electron chi connectivity index (χ0n) is 15.9. The van der Waals surface area contributed by atoms with E-state index in [1.54, 1.807) is 0 Å². The summed E-state index contributed by atoms with van der Waals surface area (Å²) in [5.74, 6) is -0.205. The Hall–Kier alpha value is -2.66. The van der Waals surface area contributed by atoms with E-state index in [1.807, 2.05) is 49.1 Å². The van der Waals surface area contributed by atoms with Crippen molar-refractivity contribution < 1.29 is 9.59 Å². The molecule has 1 heterocycles. The molecule has 3 rings (SSSR count). The van der Waals surface area contributed by atoms with E-state index in [0.29, 0.717) is 13.1 Å². The van der Waals surface area contributed by atoms with Crippen molar-refractivity contribution in [3.05, 3.63) is 71.3 Å². The summed E-state index contributed by atoms with van der Waals surface area (Å²) in [5, 5.41) is 2.68. The van der Waals surface area contributed by atoms with Gasteiger partial charge in [0, 0.05) is 19.0 Å². The van der Waals surface area contributed by atoms with E-state index < -0.39 is 6.04 Å². The summed E-state index contributed by atoms with van der Waals surface area (Å²) in [7, 11) is 0. The van der Waals surface area contributed by atoms with E-state index in [1.165, 1.54) is 11.1 Å². The van der Waals surface area contributed by atoms with Crippen LogP contribution in [-0.2, 0) is 16.1 Å². The molecule has 0 fully saturated rings. The maximum absolute atomic E-state index is 12.8. The van der Waals surface area contributed by atoms with Crippen molar-refractivity contribution in [2.75, 3.05) is 13.1 Å². The molecular formula is C22H27N3O2. The molecule has 0 spiro atoms. The number of nitrogens with two attached hydrogens (primary N) is 1. The van der Waals surface area contributed by atoms with Crippen molar-refractivity contribution in [1.29, 1.82) is 0 Å². The van der Waals surface area contributed by atoms with Gasteiger partial charge in [0.05, 0.1) is 12.6 Å². The van der Waals surface area contributed by atoms with Crippen molar-refractivity contribution in [1.82, 2.24) is 10.2 Å². The zero-order valence-corrected chi connectivity index (χ0v) is 15.9. The van der Waals surface area contributed by atoms with Crippen molar-refractivity contribution >= 4 is 11.8 Å². The Labute approximate surface area is 160 Å². The minimum atomic E-state index is -0.600. The highest BCUT2D eigenvalue weighted by Gasteiger charge is 2.29. The van der Waals surface area contributed by atoms with Gasteiger partial charge in [-0.1, -0.05) is 68.4 Å². The average Bonchev–Trinajstić information content (AvgIpc) is 2.70. The second-order valence-corrected chi connectivity index (χ2v) is 7.42. The minimum Gasteiger partial charge on any atom is -0.346 e. The standard InChI is InChI=1S/C22H27N3O2/c1-15(2)21(23)22(27)24-12-20(26)25-13-17-10-6-7-11-18(17)19(14-25)16-8-4-3-5-9-16/h3-11,15,19,21H,12-14,23H2,1-2H3,(H,24,27)/t19?,21-/m0/s1. The molecule has 0 saturated heterocycles. The molecule has 1 unspecified atom stereocenters. The number of nitrogens with one attached hydrogen (secondary N) is 1. The normalized spacial score (nSPS) is 17.3. The first-order valence-electron chi connectivity index (χ1n) is 9.41. The molecule has 0 radical (unpaired) electrons. The number of rotatable bonds is 5. The largest absolute Gasteiger partial charge is 0.346 e. The van der Waals surface area contributed by atoms with Crippen molar-refractivity contribution in [3.63, 3.8) is 0 Å². The number of hydrogen-bond acceptors (Lipinski definition) is 3. The summed E-state index contributed by atoms with van der Waals surface area (Å²) in [6.07, 6.45) is 0. The summed E-state index contributed by atoms with van der Waals surface area (Å²) in [4.78, 5) is 26.6. The van der Waals surface area contributed by atoms with Crippen LogP contribution in [0.4, 0.5) is 0 Å². The molecule has 2 aromatic rings. The maximum atomic E-state index is 12.8. The summed E-state index contributed by atoms with van der Waals surface area (Å²) in [6.45, 7) is 4.91. The van der Waals surface area contributed by atoms with Crippen LogP contribution in [0.1, 0.15) is 36.5 Å². The molecule has 2 atom stereocenters. The second-order valence-electron chi connectivity index (χ2n) is 7.42. The Morgan fingerprint density at radius 3 is 2.48 bits per heavy atom. The summed E-state index contributed by atoms with van der Waals surface area (Å²) in [5.41, 5.74) is 9.45. The Balaban J connectivity index is 1.74. The van der Waals surface area contributed by atoms with Gasteiger partial charge in [-0.25, -0.2) is 0 Å². The summed E-state index contributed by atoms with van der Waals surface area (Å²) in [6, 6.07) is 17.9. The Bertz CT molecular complexity index is 804. The van der Waals surface area contributed by atoms with E-state index in [2.05, 4.69) is 29.6 Å². The van der Waals surface area contributed by atoms with Gasteiger partial charge >= 0.3 is 0 Å². The predicted octanol–water partition coefficient (Wildman–Crippen LogP) is 2.26. The molecule has 1 aliphatic rings. The fourth-order valence-electron chi connectivity index (χ4n) is 3.46. The fraction of sp³-hybridized carbons (Fsp3) is 0.364. The van der Waals surface area contributed by atoms with Crippen LogP contribution in [0.25, 0.3) is 0 Å². The number of hydrogen-bond donors (Lipinski definition) is 2. The topological polar surface area (TPSA) is 75.4 Å². The molecule has 0 bridgehead atoms. The highest BCUT2D eigenvalue weighted by atomic mass is 16.2. The quantitative estimate of drug-likeness (QED) is 0.853. The lowest BCUT2D eigenvalue weighted by molar-refractivity contribution is -0.134. The van der Waals surface area contributed by atoms with Gasteiger partial charge in [-0.2, -0.15) is 0 Å². The van der Waals surface area contributed by atoms with E-state index in [9.17, 15) is 9.59 Å². The van der Waals surface area contributed by atoms with E-state index in [4.69, 9.17) is 5.73 Å². The van der Waals surface area contributed by atoms with Crippen molar-refractivity contribution in [2.24, 2.45) is 11.7 Å². The second kappa shape index (κ2) is 8.35. The lowest BCUT2D eigenvalue weighted by atomic mass is 9.84. The fourth-order valence-corrected chi connectivity index (χ4v) is 3.46. The molecule has 0 aromatic heterocycles. The number of fused-ring (bicyclic) bond motifs is 1. The number of benzene rings is 2. The predicted molar refractivity (Wildman–Crippen MR) is 106 cm³/mol. The highest BCUT2D eigenvalue weighted by Crippen LogP contribution is 2.33. The number of amides is 2. The Morgan fingerprint density at radius 1 is 1.11 bits per heavy atom. The SMILES string of the molecule is CC(C)[C@H](N)C(=O)NCC(=O)N1Cc2ccccc2C(c2ccccc2)C1. The molecule has 27 heavy (non-hydrogen) atoms. The average molecular weight is 365 g/mol. The van der Waals surface area contributed by atoms with Crippen LogP contribution >= 0.6 is 0 Å². The Morgan fingerprint density at radius 2 is 1.78 bits per heavy atom. The first kappa shape index (κ1) is 19.1. The Kier molecular flexibility index (Phi) is 5.91. The molecule has 2 aromatic carbocycles. The zero-order chi connectivity index (χ0) is 19.4. The molecule has 5 nitrogen and oxygen atoms in total. The summed E-state index contributed by atoms with van der Waals surface area (Å²) < 4.78 is 0. The van der Waals surface area contributed by atoms with E-state index in [-0.39, 0.29) is 30.2 Å². The van der Waals surface area contributed by atoms with Crippen molar-refractivity contribution in [3.8, 4) is 0 Å². The molecular weight excluding hydrogens is 338 g/mol. The molecule has 5 heteroatoms. The number of nitrogens with zero attached hydrogens (tertiary/aromatic N) is 1. The van der Waals surface area contributed by atoms with Crippen LogP contribution in [0.15, 0.2) is 54.6 Å². The minimum absolute atomic E-state index is 0.0249. The van der Waals surface area contributed by atoms with Crippen LogP contribution in [-0.4, -0.2) is 35.8 Å². The molecule has 1 aliphatic heterocycles. The van der Waals surface area contributed by atoms with Crippen LogP contribution < -0.4 is 11.1 Å². The van der Waals surface area contributed by atoms with Crippen LogP contribution in [0.3, 0.4) is 0 Å².